The van der Waals surface area contributed by atoms with Gasteiger partial charge in [0.15, 0.2) is 0 Å². The largest absolute Gasteiger partial charge is 0.389 e. The maximum absolute atomic E-state index is 12.0. The fraction of sp³-hybridized carbons (Fsp3) is 0.933. The van der Waals surface area contributed by atoms with Crippen molar-refractivity contribution in [2.75, 3.05) is 39.4 Å². The molecule has 0 bridgehead atoms. The van der Waals surface area contributed by atoms with E-state index in [1.807, 2.05) is 4.90 Å². The van der Waals surface area contributed by atoms with E-state index in [1.165, 1.54) is 0 Å². The Morgan fingerprint density at radius 1 is 1.20 bits per heavy atom. The van der Waals surface area contributed by atoms with Crippen molar-refractivity contribution < 1.29 is 14.6 Å². The molecule has 1 amide bonds. The summed E-state index contributed by atoms with van der Waals surface area (Å²) in [6, 6.07) is 0. The number of carbonyl (C=O) groups excluding carboxylic acids is 1. The number of nitrogens with one attached hydrogen (secondary N) is 1. The summed E-state index contributed by atoms with van der Waals surface area (Å²) in [6.07, 6.45) is 3.72. The van der Waals surface area contributed by atoms with E-state index in [-0.39, 0.29) is 5.91 Å². The third-order valence-electron chi connectivity index (χ3n) is 4.63. The van der Waals surface area contributed by atoms with Gasteiger partial charge in [-0.05, 0) is 31.1 Å². The minimum Gasteiger partial charge on any atom is -0.389 e. The minimum absolute atomic E-state index is 0.105. The van der Waals surface area contributed by atoms with Crippen LogP contribution in [0.3, 0.4) is 0 Å². The number of amides is 1. The van der Waals surface area contributed by atoms with E-state index in [0.29, 0.717) is 44.8 Å². The fourth-order valence-corrected chi connectivity index (χ4v) is 2.90. The van der Waals surface area contributed by atoms with Crippen molar-refractivity contribution in [3.05, 3.63) is 0 Å². The molecule has 5 nitrogen and oxygen atoms in total. The van der Waals surface area contributed by atoms with Crippen molar-refractivity contribution in [3.8, 4) is 0 Å². The lowest BCUT2D eigenvalue weighted by atomic mass is 9.71. The Balaban J connectivity index is 1.68. The molecule has 0 unspecified atom stereocenters. The topological polar surface area (TPSA) is 61.8 Å². The van der Waals surface area contributed by atoms with Crippen molar-refractivity contribution in [3.63, 3.8) is 0 Å². The zero-order chi connectivity index (χ0) is 14.6. The van der Waals surface area contributed by atoms with Crippen molar-refractivity contribution in [1.29, 1.82) is 0 Å². The molecule has 2 aliphatic rings. The predicted molar refractivity (Wildman–Crippen MR) is 77.5 cm³/mol. The molecule has 2 N–H and O–H groups in total. The van der Waals surface area contributed by atoms with E-state index in [1.54, 1.807) is 0 Å². The molecule has 0 aromatic heterocycles. The quantitative estimate of drug-likeness (QED) is 0.800. The SMILES string of the molecule is CC1(C)CCC(O)(CNCC(=O)N2CCOCC2)CC1. The Morgan fingerprint density at radius 3 is 2.40 bits per heavy atom. The number of ether oxygens (including phenoxy) is 1. The van der Waals surface area contributed by atoms with Crippen LogP contribution in [0.4, 0.5) is 0 Å². The maximum atomic E-state index is 12.0. The summed E-state index contributed by atoms with van der Waals surface area (Å²) in [5.74, 6) is 0.105. The molecule has 0 spiro atoms. The molecule has 1 saturated heterocycles. The molecule has 116 valence electrons. The molecule has 1 aliphatic carbocycles. The first-order chi connectivity index (χ1) is 9.40. The molecule has 0 radical (unpaired) electrons. The lowest BCUT2D eigenvalue weighted by Crippen LogP contribution is -2.49. The smallest absolute Gasteiger partial charge is 0.236 e. The second-order valence-electron chi connectivity index (χ2n) is 6.99. The highest BCUT2D eigenvalue weighted by molar-refractivity contribution is 5.78. The minimum atomic E-state index is -0.638. The summed E-state index contributed by atoms with van der Waals surface area (Å²) in [6.45, 7) is 7.95. The summed E-state index contributed by atoms with van der Waals surface area (Å²) in [5.41, 5.74) is -0.295. The van der Waals surface area contributed by atoms with Crippen molar-refractivity contribution >= 4 is 5.91 Å². The van der Waals surface area contributed by atoms with E-state index in [2.05, 4.69) is 19.2 Å². The van der Waals surface area contributed by atoms with Gasteiger partial charge in [-0.2, -0.15) is 0 Å². The average molecular weight is 284 g/mol. The van der Waals surface area contributed by atoms with Crippen LogP contribution in [0, 0.1) is 5.41 Å². The van der Waals surface area contributed by atoms with Gasteiger partial charge in [-0.25, -0.2) is 0 Å². The molecular formula is C15H28N2O3. The second-order valence-corrected chi connectivity index (χ2v) is 6.99. The van der Waals surface area contributed by atoms with Gasteiger partial charge >= 0.3 is 0 Å². The van der Waals surface area contributed by atoms with Crippen molar-refractivity contribution in [2.45, 2.75) is 45.1 Å². The zero-order valence-corrected chi connectivity index (χ0v) is 12.8. The van der Waals surface area contributed by atoms with Crippen LogP contribution >= 0.6 is 0 Å². The number of nitrogens with zero attached hydrogens (tertiary/aromatic N) is 1. The highest BCUT2D eigenvalue weighted by Crippen LogP contribution is 2.39. The number of hydrogen-bond acceptors (Lipinski definition) is 4. The normalized spacial score (nSPS) is 25.4. The fourth-order valence-electron chi connectivity index (χ4n) is 2.90. The number of aliphatic hydroxyl groups is 1. The summed E-state index contributed by atoms with van der Waals surface area (Å²) in [7, 11) is 0. The van der Waals surface area contributed by atoms with Crippen LogP contribution in [0.15, 0.2) is 0 Å². The van der Waals surface area contributed by atoms with Gasteiger partial charge in [0.2, 0.25) is 5.91 Å². The third-order valence-corrected chi connectivity index (χ3v) is 4.63. The summed E-state index contributed by atoms with van der Waals surface area (Å²) in [5, 5.41) is 13.7. The van der Waals surface area contributed by atoms with Gasteiger partial charge in [0.05, 0.1) is 25.4 Å². The van der Waals surface area contributed by atoms with Crippen LogP contribution in [0.2, 0.25) is 0 Å². The van der Waals surface area contributed by atoms with E-state index in [4.69, 9.17) is 4.74 Å². The molecule has 1 aliphatic heterocycles. The van der Waals surface area contributed by atoms with Gasteiger partial charge < -0.3 is 20.1 Å². The molecule has 2 fully saturated rings. The highest BCUT2D eigenvalue weighted by Gasteiger charge is 2.36. The Bertz CT molecular complexity index is 328. The van der Waals surface area contributed by atoms with Crippen LogP contribution in [0.1, 0.15) is 39.5 Å². The molecular weight excluding hydrogens is 256 g/mol. The molecule has 1 saturated carbocycles. The van der Waals surface area contributed by atoms with Crippen LogP contribution in [-0.4, -0.2) is 60.9 Å². The second kappa shape index (κ2) is 6.41. The van der Waals surface area contributed by atoms with Gasteiger partial charge in [0.25, 0.3) is 0 Å². The Hall–Kier alpha value is -0.650. The number of morpholine rings is 1. The Kier molecular flexibility index (Phi) is 5.04. The first-order valence-corrected chi connectivity index (χ1v) is 7.69. The van der Waals surface area contributed by atoms with Crippen LogP contribution < -0.4 is 5.32 Å². The zero-order valence-electron chi connectivity index (χ0n) is 12.8. The first kappa shape index (κ1) is 15.7. The summed E-state index contributed by atoms with van der Waals surface area (Å²) < 4.78 is 5.23. The average Bonchev–Trinajstić information content (AvgIpc) is 2.44. The third kappa shape index (κ3) is 4.43. The lowest BCUT2D eigenvalue weighted by molar-refractivity contribution is -0.134. The Labute approximate surface area is 121 Å². The number of hydrogen-bond donors (Lipinski definition) is 2. The van der Waals surface area contributed by atoms with Gasteiger partial charge in [-0.3, -0.25) is 4.79 Å². The van der Waals surface area contributed by atoms with E-state index in [0.717, 1.165) is 25.7 Å². The number of carbonyl (C=O) groups is 1. The molecule has 0 aromatic rings. The van der Waals surface area contributed by atoms with Gasteiger partial charge in [-0.1, -0.05) is 13.8 Å². The van der Waals surface area contributed by atoms with Gasteiger partial charge in [0.1, 0.15) is 0 Å². The van der Waals surface area contributed by atoms with Crippen molar-refractivity contribution in [1.82, 2.24) is 10.2 Å². The Morgan fingerprint density at radius 2 is 1.80 bits per heavy atom. The lowest BCUT2D eigenvalue weighted by Gasteiger charge is -2.40. The standard InChI is InChI=1S/C15H28N2O3/c1-14(2)3-5-15(19,6-4-14)12-16-11-13(18)17-7-9-20-10-8-17/h16,19H,3-12H2,1-2H3. The number of rotatable bonds is 4. The van der Waals surface area contributed by atoms with E-state index < -0.39 is 5.60 Å². The first-order valence-electron chi connectivity index (χ1n) is 7.69. The van der Waals surface area contributed by atoms with E-state index in [9.17, 15) is 9.90 Å². The molecule has 0 aromatic carbocycles. The molecule has 0 atom stereocenters. The molecule has 20 heavy (non-hydrogen) atoms. The highest BCUT2D eigenvalue weighted by atomic mass is 16.5. The van der Waals surface area contributed by atoms with Crippen LogP contribution in [-0.2, 0) is 9.53 Å². The summed E-state index contributed by atoms with van der Waals surface area (Å²) >= 11 is 0. The molecule has 2 rings (SSSR count). The monoisotopic (exact) mass is 284 g/mol. The van der Waals surface area contributed by atoms with Gasteiger partial charge in [-0.15, -0.1) is 0 Å². The molecule has 5 heteroatoms. The van der Waals surface area contributed by atoms with Crippen LogP contribution in [0.5, 0.6) is 0 Å². The van der Waals surface area contributed by atoms with Crippen molar-refractivity contribution in [2.24, 2.45) is 5.41 Å². The predicted octanol–water partition coefficient (Wildman–Crippen LogP) is 0.766. The summed E-state index contributed by atoms with van der Waals surface area (Å²) in [4.78, 5) is 13.8. The van der Waals surface area contributed by atoms with Crippen LogP contribution in [0.25, 0.3) is 0 Å². The molecule has 1 heterocycles. The van der Waals surface area contributed by atoms with Gasteiger partial charge in [0, 0.05) is 19.6 Å². The van der Waals surface area contributed by atoms with E-state index >= 15 is 0 Å². The maximum Gasteiger partial charge on any atom is 0.236 e.